The number of benzene rings is 2. The standard InChI is InChI=1S/C17H16N2O2/c1-10-7-12(3-5-16(10)20)14-9-15(19-18-14)13-4-6-17(21)11(2)8-13/h3-9,20-21H,1-2H3,(H,18,19). The number of nitrogens with one attached hydrogen (secondary N) is 1. The van der Waals surface area contributed by atoms with Gasteiger partial charge in [-0.1, -0.05) is 0 Å². The molecule has 0 spiro atoms. The first-order chi connectivity index (χ1) is 10.0. The minimum absolute atomic E-state index is 0.281. The zero-order valence-electron chi connectivity index (χ0n) is 11.9. The van der Waals surface area contributed by atoms with E-state index in [-0.39, 0.29) is 11.5 Å². The van der Waals surface area contributed by atoms with E-state index >= 15 is 0 Å². The zero-order chi connectivity index (χ0) is 15.0. The summed E-state index contributed by atoms with van der Waals surface area (Å²) < 4.78 is 0. The summed E-state index contributed by atoms with van der Waals surface area (Å²) in [5, 5.41) is 26.5. The fourth-order valence-electron chi connectivity index (χ4n) is 2.26. The maximum absolute atomic E-state index is 9.58. The van der Waals surface area contributed by atoms with Crippen molar-refractivity contribution in [3.05, 3.63) is 53.6 Å². The number of aromatic nitrogens is 2. The molecule has 3 rings (SSSR count). The van der Waals surface area contributed by atoms with Crippen LogP contribution in [0.15, 0.2) is 42.5 Å². The van der Waals surface area contributed by atoms with Crippen LogP contribution in [0.3, 0.4) is 0 Å². The highest BCUT2D eigenvalue weighted by molar-refractivity contribution is 5.70. The average Bonchev–Trinajstić information content (AvgIpc) is 2.94. The van der Waals surface area contributed by atoms with Gasteiger partial charge in [0.25, 0.3) is 0 Å². The van der Waals surface area contributed by atoms with Gasteiger partial charge >= 0.3 is 0 Å². The molecule has 0 bridgehead atoms. The molecule has 2 aromatic carbocycles. The predicted molar refractivity (Wildman–Crippen MR) is 82.3 cm³/mol. The minimum atomic E-state index is 0.281. The van der Waals surface area contributed by atoms with Gasteiger partial charge in [0.1, 0.15) is 11.5 Å². The molecular formula is C17H16N2O2. The molecule has 0 aliphatic rings. The summed E-state index contributed by atoms with van der Waals surface area (Å²) in [6.45, 7) is 3.72. The lowest BCUT2D eigenvalue weighted by atomic mass is 10.1. The number of hydrogen-bond acceptors (Lipinski definition) is 3. The molecule has 0 fully saturated rings. The first-order valence-corrected chi connectivity index (χ1v) is 6.70. The van der Waals surface area contributed by atoms with Gasteiger partial charge in [0.15, 0.2) is 0 Å². The number of H-pyrrole nitrogens is 1. The molecule has 0 atom stereocenters. The van der Waals surface area contributed by atoms with Crippen LogP contribution in [0.1, 0.15) is 11.1 Å². The second kappa shape index (κ2) is 4.98. The lowest BCUT2D eigenvalue weighted by Crippen LogP contribution is -1.80. The third-order valence-electron chi connectivity index (χ3n) is 3.58. The van der Waals surface area contributed by atoms with Crippen LogP contribution in [-0.4, -0.2) is 20.4 Å². The third-order valence-corrected chi connectivity index (χ3v) is 3.58. The van der Waals surface area contributed by atoms with Crippen molar-refractivity contribution in [1.29, 1.82) is 0 Å². The fraction of sp³-hybridized carbons (Fsp3) is 0.118. The summed E-state index contributed by atoms with van der Waals surface area (Å²) in [7, 11) is 0. The molecule has 4 nitrogen and oxygen atoms in total. The van der Waals surface area contributed by atoms with E-state index in [4.69, 9.17) is 0 Å². The Kier molecular flexibility index (Phi) is 3.14. The summed E-state index contributed by atoms with van der Waals surface area (Å²) in [5.41, 5.74) is 5.27. The number of aryl methyl sites for hydroxylation is 2. The van der Waals surface area contributed by atoms with Crippen LogP contribution in [-0.2, 0) is 0 Å². The quantitative estimate of drug-likeness (QED) is 0.669. The number of rotatable bonds is 2. The van der Waals surface area contributed by atoms with Crippen molar-refractivity contribution < 1.29 is 10.2 Å². The van der Waals surface area contributed by atoms with Crippen molar-refractivity contribution >= 4 is 0 Å². The maximum atomic E-state index is 9.58. The molecule has 0 aliphatic carbocycles. The molecule has 0 saturated heterocycles. The second-order valence-corrected chi connectivity index (χ2v) is 5.17. The first-order valence-electron chi connectivity index (χ1n) is 6.70. The van der Waals surface area contributed by atoms with Gasteiger partial charge in [-0.3, -0.25) is 5.10 Å². The van der Waals surface area contributed by atoms with Gasteiger partial charge in [0.05, 0.1) is 11.4 Å². The molecule has 21 heavy (non-hydrogen) atoms. The number of aromatic hydroxyl groups is 2. The van der Waals surface area contributed by atoms with Gasteiger partial charge in [0.2, 0.25) is 0 Å². The highest BCUT2D eigenvalue weighted by Gasteiger charge is 2.08. The monoisotopic (exact) mass is 280 g/mol. The molecule has 0 radical (unpaired) electrons. The van der Waals surface area contributed by atoms with Crippen molar-refractivity contribution in [2.45, 2.75) is 13.8 Å². The van der Waals surface area contributed by atoms with Crippen molar-refractivity contribution in [2.24, 2.45) is 0 Å². The van der Waals surface area contributed by atoms with Crippen LogP contribution in [0.4, 0.5) is 0 Å². The van der Waals surface area contributed by atoms with Gasteiger partial charge in [-0.2, -0.15) is 5.10 Å². The van der Waals surface area contributed by atoms with Crippen molar-refractivity contribution in [3.8, 4) is 34.0 Å². The highest BCUT2D eigenvalue weighted by atomic mass is 16.3. The SMILES string of the molecule is Cc1cc(-c2cc(-c3ccc(O)c(C)c3)[nH]n2)ccc1O. The number of phenolic OH excluding ortho intramolecular Hbond substituents is 2. The predicted octanol–water partition coefficient (Wildman–Crippen LogP) is 3.77. The number of aromatic amines is 1. The van der Waals surface area contributed by atoms with E-state index in [1.807, 2.05) is 44.2 Å². The van der Waals surface area contributed by atoms with Crippen LogP contribution < -0.4 is 0 Å². The highest BCUT2D eigenvalue weighted by Crippen LogP contribution is 2.29. The van der Waals surface area contributed by atoms with Crippen LogP contribution in [0, 0.1) is 13.8 Å². The summed E-state index contributed by atoms with van der Waals surface area (Å²) >= 11 is 0. The van der Waals surface area contributed by atoms with Crippen LogP contribution in [0.5, 0.6) is 11.5 Å². The molecule has 0 aliphatic heterocycles. The molecule has 4 heteroatoms. The molecule has 0 saturated carbocycles. The Bertz CT molecular complexity index is 740. The molecule has 0 amide bonds. The van der Waals surface area contributed by atoms with Gasteiger partial charge in [-0.15, -0.1) is 0 Å². The Morgan fingerprint density at radius 2 is 1.38 bits per heavy atom. The van der Waals surface area contributed by atoms with Gasteiger partial charge in [-0.05, 0) is 67.4 Å². The van der Waals surface area contributed by atoms with E-state index in [2.05, 4.69) is 10.2 Å². The number of nitrogens with zero attached hydrogens (tertiary/aromatic N) is 1. The van der Waals surface area contributed by atoms with E-state index in [1.165, 1.54) is 0 Å². The van der Waals surface area contributed by atoms with Crippen molar-refractivity contribution in [1.82, 2.24) is 10.2 Å². The van der Waals surface area contributed by atoms with Gasteiger partial charge < -0.3 is 10.2 Å². The van der Waals surface area contributed by atoms with E-state index in [9.17, 15) is 10.2 Å². The Morgan fingerprint density at radius 1 is 0.810 bits per heavy atom. The largest absolute Gasteiger partial charge is 0.508 e. The lowest BCUT2D eigenvalue weighted by Gasteiger charge is -2.02. The molecule has 0 unspecified atom stereocenters. The first kappa shape index (κ1) is 13.2. The summed E-state index contributed by atoms with van der Waals surface area (Å²) in [6, 6.07) is 12.8. The topological polar surface area (TPSA) is 69.1 Å². The Balaban J connectivity index is 1.99. The normalized spacial score (nSPS) is 10.8. The Labute approximate surface area is 122 Å². The molecule has 3 aromatic rings. The van der Waals surface area contributed by atoms with E-state index in [1.54, 1.807) is 12.1 Å². The minimum Gasteiger partial charge on any atom is -0.508 e. The molecule has 1 heterocycles. The third kappa shape index (κ3) is 2.48. The van der Waals surface area contributed by atoms with E-state index in [0.29, 0.717) is 0 Å². The van der Waals surface area contributed by atoms with Gasteiger partial charge in [-0.25, -0.2) is 0 Å². The molecule has 106 valence electrons. The molecular weight excluding hydrogens is 264 g/mol. The fourth-order valence-corrected chi connectivity index (χ4v) is 2.26. The average molecular weight is 280 g/mol. The Hall–Kier alpha value is -2.75. The van der Waals surface area contributed by atoms with Gasteiger partial charge in [0, 0.05) is 11.1 Å². The summed E-state index contributed by atoms with van der Waals surface area (Å²) in [6.07, 6.45) is 0. The zero-order valence-corrected chi connectivity index (χ0v) is 11.9. The summed E-state index contributed by atoms with van der Waals surface area (Å²) in [5.74, 6) is 0.566. The smallest absolute Gasteiger partial charge is 0.118 e. The lowest BCUT2D eigenvalue weighted by molar-refractivity contribution is 0.470. The van der Waals surface area contributed by atoms with Crippen molar-refractivity contribution in [3.63, 3.8) is 0 Å². The van der Waals surface area contributed by atoms with Crippen LogP contribution >= 0.6 is 0 Å². The Morgan fingerprint density at radius 3 is 2.00 bits per heavy atom. The maximum Gasteiger partial charge on any atom is 0.118 e. The molecule has 3 N–H and O–H groups in total. The van der Waals surface area contributed by atoms with Crippen molar-refractivity contribution in [2.75, 3.05) is 0 Å². The van der Waals surface area contributed by atoms with Crippen LogP contribution in [0.2, 0.25) is 0 Å². The second-order valence-electron chi connectivity index (χ2n) is 5.17. The molecule has 1 aromatic heterocycles. The number of hydrogen-bond donors (Lipinski definition) is 3. The van der Waals surface area contributed by atoms with Crippen LogP contribution in [0.25, 0.3) is 22.5 Å². The van der Waals surface area contributed by atoms with E-state index < -0.39 is 0 Å². The van der Waals surface area contributed by atoms with E-state index in [0.717, 1.165) is 33.6 Å². The number of phenols is 2. The summed E-state index contributed by atoms with van der Waals surface area (Å²) in [4.78, 5) is 0.